The number of carbonyl (C=O) groups is 2. The van der Waals surface area contributed by atoms with Gasteiger partial charge in [0.05, 0.1) is 6.61 Å². The Kier molecular flexibility index (Phi) is 3.50. The molecule has 1 fully saturated rings. The molecule has 1 aliphatic rings. The van der Waals surface area contributed by atoms with E-state index >= 15 is 0 Å². The van der Waals surface area contributed by atoms with Crippen molar-refractivity contribution in [2.24, 2.45) is 5.92 Å². The fourth-order valence-electron chi connectivity index (χ4n) is 2.27. The number of carbonyl (C=O) groups excluding carboxylic acids is 1. The number of ether oxygens (including phenoxy) is 1. The van der Waals surface area contributed by atoms with Crippen LogP contribution in [0.5, 0.6) is 5.75 Å². The van der Waals surface area contributed by atoms with E-state index in [2.05, 4.69) is 5.32 Å². The molecule has 1 aromatic rings. The number of hydrogen-bond donors (Lipinski definition) is 2. The van der Waals surface area contributed by atoms with Crippen LogP contribution < -0.4 is 10.1 Å². The van der Waals surface area contributed by atoms with Crippen molar-refractivity contribution < 1.29 is 19.4 Å². The summed E-state index contributed by atoms with van der Waals surface area (Å²) in [6.07, 6.45) is 0. The molecule has 0 saturated carbocycles. The Bertz CT molecular complexity index is 472. The zero-order chi connectivity index (χ0) is 13.1. The number of nitrogens with one attached hydrogen (secondary N) is 1. The molecule has 2 N–H and O–H groups in total. The van der Waals surface area contributed by atoms with Gasteiger partial charge in [-0.1, -0.05) is 18.2 Å². The highest BCUT2D eigenvalue weighted by Gasteiger charge is 2.42. The predicted molar refractivity (Wildman–Crippen MR) is 64.5 cm³/mol. The van der Waals surface area contributed by atoms with Gasteiger partial charge in [0, 0.05) is 18.0 Å². The standard InChI is InChI=1S/C13H15NO4/c1-2-18-10-6-4-3-5-8(10)9-7-14-12(15)11(9)13(16)17/h3-6,9,11H,2,7H2,1H3,(H,14,15)(H,16,17)/t9-,11+/m0/s1. The smallest absolute Gasteiger partial charge is 0.316 e. The van der Waals surface area contributed by atoms with Gasteiger partial charge in [-0.05, 0) is 13.0 Å². The fourth-order valence-corrected chi connectivity index (χ4v) is 2.27. The summed E-state index contributed by atoms with van der Waals surface area (Å²) in [5, 5.41) is 11.7. The summed E-state index contributed by atoms with van der Waals surface area (Å²) in [6.45, 7) is 2.70. The molecule has 1 heterocycles. The van der Waals surface area contributed by atoms with Crippen molar-refractivity contribution in [3.05, 3.63) is 29.8 Å². The second-order valence-corrected chi connectivity index (χ2v) is 4.14. The van der Waals surface area contributed by atoms with Gasteiger partial charge in [0.15, 0.2) is 0 Å². The van der Waals surface area contributed by atoms with E-state index in [1.165, 1.54) is 0 Å². The van der Waals surface area contributed by atoms with Crippen molar-refractivity contribution in [1.82, 2.24) is 5.32 Å². The van der Waals surface area contributed by atoms with E-state index in [0.29, 0.717) is 18.9 Å². The molecule has 2 rings (SSSR count). The zero-order valence-corrected chi connectivity index (χ0v) is 10.1. The highest BCUT2D eigenvalue weighted by atomic mass is 16.5. The minimum atomic E-state index is -1.10. The van der Waals surface area contributed by atoms with Crippen molar-refractivity contribution in [1.29, 1.82) is 0 Å². The average molecular weight is 249 g/mol. The van der Waals surface area contributed by atoms with Crippen molar-refractivity contribution in [2.75, 3.05) is 13.2 Å². The first kappa shape index (κ1) is 12.4. The Hall–Kier alpha value is -2.04. The third-order valence-corrected chi connectivity index (χ3v) is 3.07. The molecule has 0 radical (unpaired) electrons. The van der Waals surface area contributed by atoms with E-state index in [4.69, 9.17) is 9.84 Å². The third kappa shape index (κ3) is 2.16. The number of amides is 1. The van der Waals surface area contributed by atoms with E-state index < -0.39 is 17.8 Å². The Labute approximate surface area is 105 Å². The number of hydrogen-bond acceptors (Lipinski definition) is 3. The monoisotopic (exact) mass is 249 g/mol. The zero-order valence-electron chi connectivity index (χ0n) is 10.1. The lowest BCUT2D eigenvalue weighted by Gasteiger charge is -2.17. The highest BCUT2D eigenvalue weighted by molar-refractivity contribution is 6.00. The van der Waals surface area contributed by atoms with E-state index in [1.807, 2.05) is 25.1 Å². The Morgan fingerprint density at radius 3 is 2.89 bits per heavy atom. The lowest BCUT2D eigenvalue weighted by Crippen LogP contribution is -2.26. The minimum Gasteiger partial charge on any atom is -0.494 e. The van der Waals surface area contributed by atoms with Crippen LogP contribution >= 0.6 is 0 Å². The highest BCUT2D eigenvalue weighted by Crippen LogP contribution is 2.34. The molecule has 18 heavy (non-hydrogen) atoms. The van der Waals surface area contributed by atoms with Crippen LogP contribution in [0.1, 0.15) is 18.4 Å². The number of aliphatic carboxylic acids is 1. The Balaban J connectivity index is 2.36. The SMILES string of the molecule is CCOc1ccccc1[C@@H]1CNC(=O)[C@@H]1C(=O)O. The van der Waals surface area contributed by atoms with Crippen LogP contribution in [0.3, 0.4) is 0 Å². The molecule has 2 atom stereocenters. The molecule has 1 amide bonds. The van der Waals surface area contributed by atoms with Crippen LogP contribution in [0.4, 0.5) is 0 Å². The molecule has 0 aliphatic carbocycles. The molecule has 0 unspecified atom stereocenters. The summed E-state index contributed by atoms with van der Waals surface area (Å²) < 4.78 is 5.48. The molecule has 0 aromatic heterocycles. The van der Waals surface area contributed by atoms with Gasteiger partial charge in [0.2, 0.25) is 5.91 Å². The topological polar surface area (TPSA) is 75.6 Å². The molecular weight excluding hydrogens is 234 g/mol. The lowest BCUT2D eigenvalue weighted by atomic mass is 9.88. The number of para-hydroxylation sites is 1. The van der Waals surface area contributed by atoms with Crippen LogP contribution in [-0.2, 0) is 9.59 Å². The molecule has 5 nitrogen and oxygen atoms in total. The molecule has 1 aliphatic heterocycles. The van der Waals surface area contributed by atoms with Crippen molar-refractivity contribution in [3.63, 3.8) is 0 Å². The van der Waals surface area contributed by atoms with E-state index in [-0.39, 0.29) is 5.92 Å². The first-order valence-electron chi connectivity index (χ1n) is 5.87. The van der Waals surface area contributed by atoms with Gasteiger partial charge in [-0.2, -0.15) is 0 Å². The summed E-state index contributed by atoms with van der Waals surface area (Å²) in [7, 11) is 0. The largest absolute Gasteiger partial charge is 0.494 e. The van der Waals surface area contributed by atoms with Crippen LogP contribution in [0.25, 0.3) is 0 Å². The summed E-state index contributed by atoms with van der Waals surface area (Å²) in [4.78, 5) is 22.7. The maximum Gasteiger partial charge on any atom is 0.316 e. The second-order valence-electron chi connectivity index (χ2n) is 4.14. The first-order chi connectivity index (χ1) is 8.65. The summed E-state index contributed by atoms with van der Waals surface area (Å²) in [5.41, 5.74) is 0.769. The maximum absolute atomic E-state index is 11.5. The fraction of sp³-hybridized carbons (Fsp3) is 0.385. The molecule has 1 aromatic carbocycles. The number of benzene rings is 1. The minimum absolute atomic E-state index is 0.333. The van der Waals surface area contributed by atoms with Gasteiger partial charge in [-0.25, -0.2) is 0 Å². The van der Waals surface area contributed by atoms with Crippen molar-refractivity contribution in [2.45, 2.75) is 12.8 Å². The maximum atomic E-state index is 11.5. The molecule has 1 saturated heterocycles. The summed E-state index contributed by atoms with van der Waals surface area (Å²) in [6, 6.07) is 7.25. The van der Waals surface area contributed by atoms with Gasteiger partial charge in [0.25, 0.3) is 0 Å². The molecule has 0 bridgehead atoms. The quantitative estimate of drug-likeness (QED) is 0.780. The van der Waals surface area contributed by atoms with Crippen molar-refractivity contribution >= 4 is 11.9 Å². The van der Waals surface area contributed by atoms with Gasteiger partial charge in [-0.3, -0.25) is 9.59 Å². The van der Waals surface area contributed by atoms with E-state index in [1.54, 1.807) is 6.07 Å². The normalized spacial score (nSPS) is 22.6. The van der Waals surface area contributed by atoms with E-state index in [9.17, 15) is 9.59 Å². The van der Waals surface area contributed by atoms with E-state index in [0.717, 1.165) is 5.56 Å². The van der Waals surface area contributed by atoms with Crippen LogP contribution in [0, 0.1) is 5.92 Å². The molecule has 0 spiro atoms. The average Bonchev–Trinajstić information content (AvgIpc) is 2.72. The second kappa shape index (κ2) is 5.08. The van der Waals surface area contributed by atoms with Crippen LogP contribution in [0.2, 0.25) is 0 Å². The summed E-state index contributed by atoms with van der Waals surface area (Å²) in [5.74, 6) is -2.29. The lowest BCUT2D eigenvalue weighted by molar-refractivity contribution is -0.145. The Morgan fingerprint density at radius 2 is 2.22 bits per heavy atom. The number of rotatable bonds is 4. The van der Waals surface area contributed by atoms with Crippen LogP contribution in [-0.4, -0.2) is 30.1 Å². The van der Waals surface area contributed by atoms with Gasteiger partial charge >= 0.3 is 5.97 Å². The van der Waals surface area contributed by atoms with Gasteiger partial charge in [-0.15, -0.1) is 0 Å². The predicted octanol–water partition coefficient (Wildman–Crippen LogP) is 0.999. The first-order valence-corrected chi connectivity index (χ1v) is 5.87. The van der Waals surface area contributed by atoms with Gasteiger partial charge < -0.3 is 15.2 Å². The molecular formula is C13H15NO4. The van der Waals surface area contributed by atoms with Crippen molar-refractivity contribution in [3.8, 4) is 5.75 Å². The molecule has 96 valence electrons. The summed E-state index contributed by atoms with van der Waals surface area (Å²) >= 11 is 0. The number of carboxylic acid groups (broad SMARTS) is 1. The van der Waals surface area contributed by atoms with Gasteiger partial charge in [0.1, 0.15) is 11.7 Å². The Morgan fingerprint density at radius 1 is 1.50 bits per heavy atom. The number of carboxylic acids is 1. The van der Waals surface area contributed by atoms with Crippen LogP contribution in [0.15, 0.2) is 24.3 Å². The third-order valence-electron chi connectivity index (χ3n) is 3.07. The molecule has 5 heteroatoms.